The first kappa shape index (κ1) is 26.7. The highest BCUT2D eigenvalue weighted by Crippen LogP contribution is 2.36. The SMILES string of the molecule is CCCc1cc(C(=O)O)ccc1OC(C(=O)NS(=O)(=O)c1cnccc1OCC)c1ccc2c(c1)OCO2. The number of benzene rings is 2. The summed E-state index contributed by atoms with van der Waals surface area (Å²) in [5, 5.41) is 9.39. The van der Waals surface area contributed by atoms with Crippen LogP contribution in [0.2, 0.25) is 0 Å². The number of aryl methyl sites for hydroxylation is 1. The maximum atomic E-state index is 13.5. The molecular formula is C26H26N2O9S. The Hall–Kier alpha value is -4.32. The van der Waals surface area contributed by atoms with E-state index in [1.165, 1.54) is 36.5 Å². The number of pyridine rings is 1. The van der Waals surface area contributed by atoms with E-state index in [-0.39, 0.29) is 35.4 Å². The smallest absolute Gasteiger partial charge is 0.335 e. The standard InChI is InChI=1S/C26H26N2O9S/c1-3-5-16-12-18(26(30)31)7-8-19(16)37-24(17-6-9-20-22(13-17)36-15-35-20)25(29)28-38(32,33)23-14-27-11-10-21(23)34-4-2/h6-14,24H,3-5,15H2,1-2H3,(H,28,29)(H,30,31). The molecule has 2 aromatic carbocycles. The summed E-state index contributed by atoms with van der Waals surface area (Å²) in [5.41, 5.74) is 0.912. The van der Waals surface area contributed by atoms with Crippen LogP contribution in [-0.2, 0) is 21.2 Å². The van der Waals surface area contributed by atoms with E-state index in [1.54, 1.807) is 19.1 Å². The molecule has 1 aliphatic heterocycles. The van der Waals surface area contributed by atoms with Crippen molar-refractivity contribution in [3.8, 4) is 23.0 Å². The summed E-state index contributed by atoms with van der Waals surface area (Å²) < 4.78 is 50.7. The van der Waals surface area contributed by atoms with Crippen LogP contribution in [0.25, 0.3) is 0 Å². The maximum Gasteiger partial charge on any atom is 0.335 e. The van der Waals surface area contributed by atoms with Gasteiger partial charge in [-0.3, -0.25) is 9.78 Å². The normalized spacial score (nSPS) is 13.0. The number of carboxylic acids is 1. The van der Waals surface area contributed by atoms with Crippen LogP contribution in [0.4, 0.5) is 0 Å². The molecule has 4 rings (SSSR count). The number of nitrogens with one attached hydrogen (secondary N) is 1. The molecule has 0 fully saturated rings. The Morgan fingerprint density at radius 2 is 1.87 bits per heavy atom. The number of aromatic carboxylic acids is 1. The first-order valence-electron chi connectivity index (χ1n) is 11.8. The summed E-state index contributed by atoms with van der Waals surface area (Å²) in [6.07, 6.45) is 2.16. The van der Waals surface area contributed by atoms with Crippen LogP contribution in [0.3, 0.4) is 0 Å². The van der Waals surface area contributed by atoms with E-state index in [1.807, 2.05) is 6.92 Å². The van der Waals surface area contributed by atoms with E-state index in [9.17, 15) is 23.1 Å². The van der Waals surface area contributed by atoms with Crippen molar-refractivity contribution in [3.05, 3.63) is 71.5 Å². The Bertz CT molecular complexity index is 1460. The van der Waals surface area contributed by atoms with Crippen LogP contribution in [0.15, 0.2) is 59.8 Å². The Morgan fingerprint density at radius 3 is 2.61 bits per heavy atom. The van der Waals surface area contributed by atoms with Gasteiger partial charge in [0.25, 0.3) is 15.9 Å². The zero-order valence-corrected chi connectivity index (χ0v) is 21.5. The highest BCUT2D eigenvalue weighted by molar-refractivity contribution is 7.90. The molecule has 3 aromatic rings. The van der Waals surface area contributed by atoms with Crippen LogP contribution in [0.5, 0.6) is 23.0 Å². The molecule has 0 spiro atoms. The number of sulfonamides is 1. The van der Waals surface area contributed by atoms with Gasteiger partial charge in [0, 0.05) is 11.8 Å². The Morgan fingerprint density at radius 1 is 1.08 bits per heavy atom. The van der Waals surface area contributed by atoms with Gasteiger partial charge in [-0.05, 0) is 55.3 Å². The lowest BCUT2D eigenvalue weighted by Crippen LogP contribution is -2.37. The largest absolute Gasteiger partial charge is 0.492 e. The number of ether oxygens (including phenoxy) is 4. The summed E-state index contributed by atoms with van der Waals surface area (Å²) in [6, 6.07) is 10.3. The topological polar surface area (TPSA) is 150 Å². The van der Waals surface area contributed by atoms with E-state index in [2.05, 4.69) is 9.71 Å². The van der Waals surface area contributed by atoms with Crippen molar-refractivity contribution in [2.24, 2.45) is 0 Å². The number of hydrogen-bond donors (Lipinski definition) is 2. The highest BCUT2D eigenvalue weighted by Gasteiger charge is 2.31. The molecule has 200 valence electrons. The predicted molar refractivity (Wildman–Crippen MR) is 134 cm³/mol. The summed E-state index contributed by atoms with van der Waals surface area (Å²) in [4.78, 5) is 28.5. The first-order chi connectivity index (χ1) is 18.2. The average molecular weight is 543 g/mol. The monoisotopic (exact) mass is 542 g/mol. The molecule has 2 N–H and O–H groups in total. The minimum Gasteiger partial charge on any atom is -0.492 e. The molecule has 0 bridgehead atoms. The number of rotatable bonds is 11. The van der Waals surface area contributed by atoms with E-state index in [4.69, 9.17) is 18.9 Å². The molecule has 1 unspecified atom stereocenters. The average Bonchev–Trinajstić information content (AvgIpc) is 3.36. The van der Waals surface area contributed by atoms with Crippen molar-refractivity contribution in [2.45, 2.75) is 37.7 Å². The van der Waals surface area contributed by atoms with Crippen molar-refractivity contribution < 1.29 is 42.1 Å². The number of carbonyl (C=O) groups excluding carboxylic acids is 1. The Balaban J connectivity index is 1.72. The lowest BCUT2D eigenvalue weighted by Gasteiger charge is -2.22. The predicted octanol–water partition coefficient (Wildman–Crippen LogP) is 3.48. The zero-order valence-electron chi connectivity index (χ0n) is 20.7. The molecule has 1 aliphatic rings. The molecule has 1 amide bonds. The summed E-state index contributed by atoms with van der Waals surface area (Å²) in [7, 11) is -4.41. The van der Waals surface area contributed by atoms with Gasteiger partial charge in [0.1, 0.15) is 16.4 Å². The lowest BCUT2D eigenvalue weighted by atomic mass is 10.0. The third-order valence-electron chi connectivity index (χ3n) is 5.58. The molecule has 12 heteroatoms. The molecule has 2 heterocycles. The number of amides is 1. The number of hydrogen-bond acceptors (Lipinski definition) is 9. The van der Waals surface area contributed by atoms with Crippen LogP contribution >= 0.6 is 0 Å². The van der Waals surface area contributed by atoms with Crippen LogP contribution in [-0.4, -0.2) is 43.8 Å². The van der Waals surface area contributed by atoms with Gasteiger partial charge >= 0.3 is 5.97 Å². The minimum absolute atomic E-state index is 0.00337. The van der Waals surface area contributed by atoms with Gasteiger partial charge in [0.2, 0.25) is 12.9 Å². The fourth-order valence-corrected chi connectivity index (χ4v) is 4.93. The van der Waals surface area contributed by atoms with Crippen LogP contribution in [0.1, 0.15) is 47.9 Å². The van der Waals surface area contributed by atoms with Crippen molar-refractivity contribution in [3.63, 3.8) is 0 Å². The minimum atomic E-state index is -4.41. The number of aromatic nitrogens is 1. The molecular weight excluding hydrogens is 516 g/mol. The number of carbonyl (C=O) groups is 2. The number of fused-ring (bicyclic) bond motifs is 1. The van der Waals surface area contributed by atoms with Crippen molar-refractivity contribution >= 4 is 21.9 Å². The molecule has 0 aliphatic carbocycles. The molecule has 1 aromatic heterocycles. The van der Waals surface area contributed by atoms with E-state index >= 15 is 0 Å². The van der Waals surface area contributed by atoms with Gasteiger partial charge < -0.3 is 24.1 Å². The number of carboxylic acid groups (broad SMARTS) is 1. The van der Waals surface area contributed by atoms with Crippen molar-refractivity contribution in [1.82, 2.24) is 9.71 Å². The van der Waals surface area contributed by atoms with Gasteiger partial charge in [-0.15, -0.1) is 0 Å². The van der Waals surface area contributed by atoms with Gasteiger partial charge in [0.15, 0.2) is 11.5 Å². The van der Waals surface area contributed by atoms with Crippen molar-refractivity contribution in [2.75, 3.05) is 13.4 Å². The third kappa shape index (κ3) is 5.80. The third-order valence-corrected chi connectivity index (χ3v) is 6.94. The first-order valence-corrected chi connectivity index (χ1v) is 13.3. The van der Waals surface area contributed by atoms with Crippen LogP contribution in [0, 0.1) is 0 Å². The second-order valence-corrected chi connectivity index (χ2v) is 9.86. The molecule has 0 radical (unpaired) electrons. The highest BCUT2D eigenvalue weighted by atomic mass is 32.2. The molecule has 38 heavy (non-hydrogen) atoms. The molecule has 1 atom stereocenters. The molecule has 0 saturated carbocycles. The second kappa shape index (κ2) is 11.4. The zero-order chi connectivity index (χ0) is 27.3. The van der Waals surface area contributed by atoms with Gasteiger partial charge in [-0.2, -0.15) is 0 Å². The Labute approximate surface area is 219 Å². The van der Waals surface area contributed by atoms with E-state index in [0.29, 0.717) is 35.5 Å². The summed E-state index contributed by atoms with van der Waals surface area (Å²) >= 11 is 0. The summed E-state index contributed by atoms with van der Waals surface area (Å²) in [5.74, 6) is -0.977. The summed E-state index contributed by atoms with van der Waals surface area (Å²) in [6.45, 7) is 3.82. The quantitative estimate of drug-likeness (QED) is 0.368. The fraction of sp³-hybridized carbons (Fsp3) is 0.269. The molecule has 0 saturated heterocycles. The van der Waals surface area contributed by atoms with Gasteiger partial charge in [-0.25, -0.2) is 17.9 Å². The maximum absolute atomic E-state index is 13.5. The molecule has 11 nitrogen and oxygen atoms in total. The Kier molecular flexibility index (Phi) is 8.01. The van der Waals surface area contributed by atoms with Gasteiger partial charge in [0.05, 0.1) is 18.4 Å². The van der Waals surface area contributed by atoms with Gasteiger partial charge in [-0.1, -0.05) is 19.4 Å². The second-order valence-electron chi connectivity index (χ2n) is 8.21. The van der Waals surface area contributed by atoms with E-state index < -0.39 is 28.0 Å². The van der Waals surface area contributed by atoms with Crippen molar-refractivity contribution in [1.29, 1.82) is 0 Å². The fourth-order valence-electron chi connectivity index (χ4n) is 3.85. The number of nitrogens with zero attached hydrogens (tertiary/aromatic N) is 1. The lowest BCUT2D eigenvalue weighted by molar-refractivity contribution is -0.126. The van der Waals surface area contributed by atoms with Crippen LogP contribution < -0.4 is 23.7 Å². The van der Waals surface area contributed by atoms with E-state index in [0.717, 1.165) is 6.20 Å².